The molecule has 0 aromatic carbocycles. The lowest BCUT2D eigenvalue weighted by Gasteiger charge is -2.30. The Morgan fingerprint density at radius 1 is 1.38 bits per heavy atom. The lowest BCUT2D eigenvalue weighted by Crippen LogP contribution is -2.44. The van der Waals surface area contributed by atoms with Crippen LogP contribution < -0.4 is 0 Å². The van der Waals surface area contributed by atoms with Crippen molar-refractivity contribution in [3.63, 3.8) is 0 Å². The summed E-state index contributed by atoms with van der Waals surface area (Å²) < 4.78 is 9.71. The Bertz CT molecular complexity index is 248. The molecule has 1 saturated heterocycles. The van der Waals surface area contributed by atoms with E-state index in [2.05, 4.69) is 4.74 Å². The topological polar surface area (TPSA) is 76.1 Å². The van der Waals surface area contributed by atoms with E-state index < -0.39 is 11.9 Å². The summed E-state index contributed by atoms with van der Waals surface area (Å²) in [7, 11) is 1.19. The van der Waals surface area contributed by atoms with E-state index >= 15 is 0 Å². The minimum atomic E-state index is -0.824. The van der Waals surface area contributed by atoms with Crippen LogP contribution in [0, 0.1) is 0 Å². The van der Waals surface area contributed by atoms with E-state index in [0.29, 0.717) is 32.5 Å². The Kier molecular flexibility index (Phi) is 5.21. The van der Waals surface area contributed by atoms with Gasteiger partial charge in [0.25, 0.3) is 0 Å². The van der Waals surface area contributed by atoms with Crippen molar-refractivity contribution in [3.8, 4) is 0 Å². The summed E-state index contributed by atoms with van der Waals surface area (Å²) in [5, 5.41) is 8.59. The van der Waals surface area contributed by atoms with Crippen LogP contribution >= 0.6 is 0 Å². The molecule has 6 nitrogen and oxygen atoms in total. The zero-order valence-corrected chi connectivity index (χ0v) is 9.35. The van der Waals surface area contributed by atoms with Crippen LogP contribution in [0.3, 0.4) is 0 Å². The largest absolute Gasteiger partial charge is 0.462 e. The smallest absolute Gasteiger partial charge is 0.396 e. The molecule has 0 bridgehead atoms. The molecule has 0 aliphatic carbocycles. The number of hydrogen-bond donors (Lipinski definition) is 1. The summed E-state index contributed by atoms with van der Waals surface area (Å²) >= 11 is 0. The third-order valence-electron chi connectivity index (χ3n) is 2.53. The number of carbonyl (C=O) groups is 2. The summed E-state index contributed by atoms with van der Waals surface area (Å²) in [4.78, 5) is 23.9. The van der Waals surface area contributed by atoms with E-state index in [-0.39, 0.29) is 12.7 Å². The van der Waals surface area contributed by atoms with E-state index in [0.717, 1.165) is 0 Å². The predicted octanol–water partition coefficient (Wildman–Crippen LogP) is -0.841. The molecule has 92 valence electrons. The van der Waals surface area contributed by atoms with Gasteiger partial charge >= 0.3 is 11.9 Å². The van der Waals surface area contributed by atoms with Crippen molar-refractivity contribution in [2.45, 2.75) is 18.9 Å². The van der Waals surface area contributed by atoms with E-state index in [1.807, 2.05) is 0 Å². The van der Waals surface area contributed by atoms with Gasteiger partial charge in [0.05, 0.1) is 26.4 Å². The molecule has 6 heteroatoms. The number of aliphatic hydroxyl groups is 1. The highest BCUT2D eigenvalue weighted by Gasteiger charge is 2.27. The van der Waals surface area contributed by atoms with Crippen LogP contribution in [0.2, 0.25) is 0 Å². The molecule has 1 amide bonds. The Morgan fingerprint density at radius 2 is 2.00 bits per heavy atom. The second-order valence-electron chi connectivity index (χ2n) is 3.58. The highest BCUT2D eigenvalue weighted by atomic mass is 16.5. The Balaban J connectivity index is 2.31. The fourth-order valence-electron chi connectivity index (χ4n) is 1.66. The minimum Gasteiger partial charge on any atom is -0.462 e. The van der Waals surface area contributed by atoms with Crippen molar-refractivity contribution in [2.24, 2.45) is 0 Å². The van der Waals surface area contributed by atoms with Gasteiger partial charge in [0.2, 0.25) is 0 Å². The number of likely N-dealkylation sites (tertiary alicyclic amines) is 1. The predicted molar refractivity (Wildman–Crippen MR) is 54.7 cm³/mol. The molecule has 0 aromatic heterocycles. The number of nitrogens with zero attached hydrogens (tertiary/aromatic N) is 1. The maximum Gasteiger partial charge on any atom is 0.396 e. The molecule has 1 aliphatic rings. The van der Waals surface area contributed by atoms with Crippen molar-refractivity contribution in [1.29, 1.82) is 0 Å². The molecule has 1 N–H and O–H groups in total. The molecule has 1 heterocycles. The van der Waals surface area contributed by atoms with Crippen LogP contribution in [0.5, 0.6) is 0 Å². The molecule has 0 unspecified atom stereocenters. The van der Waals surface area contributed by atoms with Crippen LogP contribution in [-0.2, 0) is 19.1 Å². The Hall–Kier alpha value is -1.14. The molecule has 16 heavy (non-hydrogen) atoms. The number of aliphatic hydroxyl groups excluding tert-OH is 1. The summed E-state index contributed by atoms with van der Waals surface area (Å²) in [6, 6.07) is 0. The molecule has 1 rings (SSSR count). The van der Waals surface area contributed by atoms with Crippen molar-refractivity contribution in [1.82, 2.24) is 4.90 Å². The standard InChI is InChI=1S/C10H17NO5/c1-15-10(14)9(13)11-4-2-8(3-5-11)16-7-6-12/h8,12H,2-7H2,1H3. The van der Waals surface area contributed by atoms with Gasteiger partial charge in [0, 0.05) is 13.1 Å². The SMILES string of the molecule is COC(=O)C(=O)N1CCC(OCCO)CC1. The fourth-order valence-corrected chi connectivity index (χ4v) is 1.66. The first-order valence-corrected chi connectivity index (χ1v) is 5.28. The number of methoxy groups -OCH3 is 1. The van der Waals surface area contributed by atoms with Gasteiger partial charge in [-0.3, -0.25) is 4.79 Å². The molecule has 0 aromatic rings. The Labute approximate surface area is 94.1 Å². The normalized spacial score (nSPS) is 17.2. The number of amides is 1. The lowest BCUT2D eigenvalue weighted by atomic mass is 10.1. The first-order chi connectivity index (χ1) is 7.69. The minimum absolute atomic E-state index is 0.00130. The summed E-state index contributed by atoms with van der Waals surface area (Å²) in [6.45, 7) is 1.30. The van der Waals surface area contributed by atoms with Crippen LogP contribution in [-0.4, -0.2) is 61.4 Å². The van der Waals surface area contributed by atoms with Gasteiger partial charge in [0.15, 0.2) is 0 Å². The number of piperidine rings is 1. The molecular formula is C10H17NO5. The van der Waals surface area contributed by atoms with Gasteiger partial charge in [-0.2, -0.15) is 0 Å². The first-order valence-electron chi connectivity index (χ1n) is 5.28. The number of carbonyl (C=O) groups excluding carboxylic acids is 2. The van der Waals surface area contributed by atoms with Gasteiger partial charge in [0.1, 0.15) is 0 Å². The van der Waals surface area contributed by atoms with E-state index in [1.165, 1.54) is 12.0 Å². The van der Waals surface area contributed by atoms with Crippen LogP contribution in [0.4, 0.5) is 0 Å². The third-order valence-corrected chi connectivity index (χ3v) is 2.53. The second kappa shape index (κ2) is 6.44. The molecule has 1 fully saturated rings. The van der Waals surface area contributed by atoms with E-state index in [4.69, 9.17) is 9.84 Å². The van der Waals surface area contributed by atoms with E-state index in [9.17, 15) is 9.59 Å². The van der Waals surface area contributed by atoms with Crippen LogP contribution in [0.15, 0.2) is 0 Å². The summed E-state index contributed by atoms with van der Waals surface area (Å²) in [5.41, 5.74) is 0. The first kappa shape index (κ1) is 12.9. The zero-order valence-electron chi connectivity index (χ0n) is 9.35. The number of ether oxygens (including phenoxy) is 2. The van der Waals surface area contributed by atoms with Crippen LogP contribution in [0.1, 0.15) is 12.8 Å². The third kappa shape index (κ3) is 3.46. The van der Waals surface area contributed by atoms with E-state index in [1.54, 1.807) is 0 Å². The Morgan fingerprint density at radius 3 is 2.50 bits per heavy atom. The highest BCUT2D eigenvalue weighted by Crippen LogP contribution is 2.13. The average molecular weight is 231 g/mol. The molecular weight excluding hydrogens is 214 g/mol. The van der Waals surface area contributed by atoms with Crippen molar-refractivity contribution < 1.29 is 24.2 Å². The van der Waals surface area contributed by atoms with Crippen molar-refractivity contribution in [3.05, 3.63) is 0 Å². The maximum absolute atomic E-state index is 11.4. The van der Waals surface area contributed by atoms with Crippen molar-refractivity contribution in [2.75, 3.05) is 33.4 Å². The van der Waals surface area contributed by atoms with Gasteiger partial charge in [-0.1, -0.05) is 0 Å². The molecule has 0 spiro atoms. The summed E-state index contributed by atoms with van der Waals surface area (Å²) in [5.74, 6) is -1.42. The quantitative estimate of drug-likeness (QED) is 0.506. The number of hydrogen-bond acceptors (Lipinski definition) is 5. The zero-order chi connectivity index (χ0) is 12.0. The van der Waals surface area contributed by atoms with Gasteiger partial charge in [-0.05, 0) is 12.8 Å². The average Bonchev–Trinajstić information content (AvgIpc) is 2.35. The number of esters is 1. The van der Waals surface area contributed by atoms with Gasteiger partial charge < -0.3 is 19.5 Å². The molecule has 0 radical (unpaired) electrons. The second-order valence-corrected chi connectivity index (χ2v) is 3.58. The van der Waals surface area contributed by atoms with Crippen LogP contribution in [0.25, 0.3) is 0 Å². The highest BCUT2D eigenvalue weighted by molar-refractivity contribution is 6.32. The lowest BCUT2D eigenvalue weighted by molar-refractivity contribution is -0.159. The molecule has 0 saturated carbocycles. The van der Waals surface area contributed by atoms with Gasteiger partial charge in [-0.25, -0.2) is 4.79 Å². The molecule has 1 aliphatic heterocycles. The van der Waals surface area contributed by atoms with Gasteiger partial charge in [-0.15, -0.1) is 0 Å². The summed E-state index contributed by atoms with van der Waals surface area (Å²) in [6.07, 6.45) is 1.43. The van der Waals surface area contributed by atoms with Crippen molar-refractivity contribution >= 4 is 11.9 Å². The fraction of sp³-hybridized carbons (Fsp3) is 0.800. The molecule has 0 atom stereocenters. The number of rotatable bonds is 3. The maximum atomic E-state index is 11.4. The monoisotopic (exact) mass is 231 g/mol.